The Kier molecular flexibility index (Phi) is 4.41. The van der Waals surface area contributed by atoms with E-state index in [4.69, 9.17) is 16.3 Å². The molecule has 140 valence electrons. The molecule has 1 saturated carbocycles. The lowest BCUT2D eigenvalue weighted by Crippen LogP contribution is -2.44. The first-order valence-electron chi connectivity index (χ1n) is 8.28. The molecule has 1 saturated heterocycles. The zero-order valence-electron chi connectivity index (χ0n) is 14.3. The van der Waals surface area contributed by atoms with Crippen LogP contribution in [-0.2, 0) is 19.3 Å². The van der Waals surface area contributed by atoms with E-state index >= 15 is 0 Å². The van der Waals surface area contributed by atoms with Crippen LogP contribution >= 0.6 is 22.9 Å². The van der Waals surface area contributed by atoms with E-state index in [1.165, 1.54) is 0 Å². The van der Waals surface area contributed by atoms with Crippen molar-refractivity contribution in [2.45, 2.75) is 41.8 Å². The normalized spacial score (nSPS) is 22.4. The molecule has 1 aliphatic heterocycles. The first-order valence-corrected chi connectivity index (χ1v) is 11.0. The van der Waals surface area contributed by atoms with Crippen LogP contribution in [0, 0.1) is 6.92 Å². The number of anilines is 1. The van der Waals surface area contributed by atoms with Gasteiger partial charge in [0.25, 0.3) is 0 Å². The molecule has 2 aliphatic rings. The van der Waals surface area contributed by atoms with Crippen LogP contribution in [0.25, 0.3) is 0 Å². The molecule has 0 spiro atoms. The number of ether oxygens (including phenoxy) is 1. The number of morpholine rings is 1. The number of aryl methyl sites for hydroxylation is 1. The molecule has 2 fully saturated rings. The number of sulfone groups is 1. The second kappa shape index (κ2) is 6.36. The van der Waals surface area contributed by atoms with Crippen LogP contribution in [0.3, 0.4) is 0 Å². The Labute approximate surface area is 160 Å². The Morgan fingerprint density at radius 2 is 2.12 bits per heavy atom. The number of nitrogens with zero attached hydrogens (tertiary/aromatic N) is 5. The molecule has 2 aromatic heterocycles. The first-order chi connectivity index (χ1) is 12.3. The van der Waals surface area contributed by atoms with Gasteiger partial charge in [0.15, 0.2) is 0 Å². The van der Waals surface area contributed by atoms with Crippen molar-refractivity contribution in [3.63, 3.8) is 0 Å². The summed E-state index contributed by atoms with van der Waals surface area (Å²) in [5.41, 5.74) is 0.430. The second-order valence-electron chi connectivity index (χ2n) is 6.58. The van der Waals surface area contributed by atoms with Gasteiger partial charge in [0.05, 0.1) is 24.9 Å². The smallest absolute Gasteiger partial charge is 0.233 e. The molecule has 4 rings (SSSR count). The lowest BCUT2D eigenvalue weighted by Gasteiger charge is -2.34. The number of rotatable bonds is 4. The van der Waals surface area contributed by atoms with Gasteiger partial charge >= 0.3 is 0 Å². The Hall–Kier alpha value is -1.36. The number of aromatic nitrogens is 4. The largest absolute Gasteiger partial charge is 0.377 e. The van der Waals surface area contributed by atoms with Gasteiger partial charge < -0.3 is 9.64 Å². The van der Waals surface area contributed by atoms with E-state index in [1.807, 2.05) is 6.92 Å². The number of hydrogen-bond acceptors (Lipinski definition) is 9. The van der Waals surface area contributed by atoms with E-state index in [2.05, 4.69) is 25.1 Å². The SMILES string of the molecule is Cc1nnc(S(=O)(=O)C2(c3cc(N4CCOC[C@@H]4C)nc(Cl)n3)CC2)s1. The van der Waals surface area contributed by atoms with E-state index in [1.54, 1.807) is 13.0 Å². The van der Waals surface area contributed by atoms with Crippen molar-refractivity contribution in [3.8, 4) is 0 Å². The van der Waals surface area contributed by atoms with Gasteiger partial charge in [0.1, 0.15) is 15.6 Å². The standard InChI is InChI=1S/C15H18ClN5O3S2/c1-9-8-24-6-5-21(9)12-7-11(17-13(16)18-12)15(3-4-15)26(22,23)14-20-19-10(2)25-14/h7,9H,3-6,8H2,1-2H3/t9-/m0/s1. The molecule has 1 aliphatic carbocycles. The summed E-state index contributed by atoms with van der Waals surface area (Å²) in [6.07, 6.45) is 0.971. The average Bonchev–Trinajstić information content (AvgIpc) is 3.31. The maximum absolute atomic E-state index is 13.2. The second-order valence-corrected chi connectivity index (χ2v) is 10.5. The lowest BCUT2D eigenvalue weighted by atomic mass is 10.2. The van der Waals surface area contributed by atoms with Crippen molar-refractivity contribution in [3.05, 3.63) is 22.1 Å². The molecule has 26 heavy (non-hydrogen) atoms. The third kappa shape index (κ3) is 2.88. The predicted octanol–water partition coefficient (Wildman–Crippen LogP) is 1.98. The van der Waals surface area contributed by atoms with Gasteiger partial charge in [0, 0.05) is 12.6 Å². The minimum absolute atomic E-state index is 0.0310. The molecular formula is C15H18ClN5O3S2. The van der Waals surface area contributed by atoms with Crippen molar-refractivity contribution >= 4 is 38.6 Å². The maximum Gasteiger partial charge on any atom is 0.233 e. The van der Waals surface area contributed by atoms with Crippen LogP contribution in [0.2, 0.25) is 5.28 Å². The van der Waals surface area contributed by atoms with Crippen LogP contribution < -0.4 is 4.90 Å². The van der Waals surface area contributed by atoms with Crippen molar-refractivity contribution in [1.29, 1.82) is 0 Å². The molecule has 1 atom stereocenters. The molecule has 2 aromatic rings. The topological polar surface area (TPSA) is 98.2 Å². The Morgan fingerprint density at radius 1 is 1.35 bits per heavy atom. The van der Waals surface area contributed by atoms with Gasteiger partial charge in [-0.1, -0.05) is 11.3 Å². The molecule has 8 nitrogen and oxygen atoms in total. The molecule has 0 N–H and O–H groups in total. The molecule has 11 heteroatoms. The van der Waals surface area contributed by atoms with Gasteiger partial charge in [0.2, 0.25) is 19.5 Å². The highest BCUT2D eigenvalue weighted by atomic mass is 35.5. The number of halogens is 1. The van der Waals surface area contributed by atoms with E-state index in [0.29, 0.717) is 49.1 Å². The molecule has 0 aromatic carbocycles. The summed E-state index contributed by atoms with van der Waals surface area (Å²) in [4.78, 5) is 10.6. The van der Waals surface area contributed by atoms with Gasteiger partial charge in [-0.3, -0.25) is 0 Å². The van der Waals surface area contributed by atoms with Crippen LogP contribution in [-0.4, -0.2) is 54.4 Å². The van der Waals surface area contributed by atoms with Crippen molar-refractivity contribution in [2.75, 3.05) is 24.7 Å². The minimum Gasteiger partial charge on any atom is -0.377 e. The van der Waals surface area contributed by atoms with E-state index < -0.39 is 14.6 Å². The molecule has 3 heterocycles. The summed E-state index contributed by atoms with van der Waals surface area (Å²) < 4.78 is 30.7. The lowest BCUT2D eigenvalue weighted by molar-refractivity contribution is 0.0985. The molecule has 0 unspecified atom stereocenters. The maximum atomic E-state index is 13.2. The van der Waals surface area contributed by atoms with Gasteiger partial charge in [-0.15, -0.1) is 10.2 Å². The summed E-state index contributed by atoms with van der Waals surface area (Å²) in [5.74, 6) is 0.630. The quantitative estimate of drug-likeness (QED) is 0.699. The average molecular weight is 416 g/mol. The molecule has 0 bridgehead atoms. The van der Waals surface area contributed by atoms with Crippen LogP contribution in [0.4, 0.5) is 5.82 Å². The van der Waals surface area contributed by atoms with E-state index in [-0.39, 0.29) is 15.7 Å². The Balaban J connectivity index is 1.76. The third-order valence-corrected chi connectivity index (χ3v) is 8.67. The van der Waals surface area contributed by atoms with Gasteiger partial charge in [-0.25, -0.2) is 18.4 Å². The Bertz CT molecular complexity index is 945. The summed E-state index contributed by atoms with van der Waals surface area (Å²) in [6, 6.07) is 1.87. The third-order valence-electron chi connectivity index (χ3n) is 4.77. The van der Waals surface area contributed by atoms with Crippen molar-refractivity contribution in [2.24, 2.45) is 0 Å². The van der Waals surface area contributed by atoms with E-state index in [0.717, 1.165) is 11.3 Å². The Morgan fingerprint density at radius 3 is 2.73 bits per heavy atom. The fourth-order valence-electron chi connectivity index (χ4n) is 3.18. The highest BCUT2D eigenvalue weighted by molar-refractivity contribution is 7.94. The van der Waals surface area contributed by atoms with Crippen molar-refractivity contribution < 1.29 is 13.2 Å². The zero-order chi connectivity index (χ0) is 18.5. The van der Waals surface area contributed by atoms with E-state index in [9.17, 15) is 8.42 Å². The van der Waals surface area contributed by atoms with Crippen LogP contribution in [0.5, 0.6) is 0 Å². The fourth-order valence-corrected chi connectivity index (χ4v) is 6.56. The van der Waals surface area contributed by atoms with Crippen LogP contribution in [0.1, 0.15) is 30.5 Å². The minimum atomic E-state index is -3.68. The highest BCUT2D eigenvalue weighted by Crippen LogP contribution is 2.55. The summed E-state index contributed by atoms with van der Waals surface area (Å²) in [5, 5.41) is 8.35. The molecular weight excluding hydrogens is 398 g/mol. The zero-order valence-corrected chi connectivity index (χ0v) is 16.7. The summed E-state index contributed by atoms with van der Waals surface area (Å²) in [7, 11) is -3.68. The van der Waals surface area contributed by atoms with Crippen molar-refractivity contribution in [1.82, 2.24) is 20.2 Å². The predicted molar refractivity (Wildman–Crippen MR) is 97.4 cm³/mol. The monoisotopic (exact) mass is 415 g/mol. The fraction of sp³-hybridized carbons (Fsp3) is 0.600. The summed E-state index contributed by atoms with van der Waals surface area (Å²) >= 11 is 7.23. The van der Waals surface area contributed by atoms with Gasteiger partial charge in [-0.05, 0) is 38.3 Å². The summed E-state index contributed by atoms with van der Waals surface area (Å²) in [6.45, 7) is 5.61. The van der Waals surface area contributed by atoms with Crippen LogP contribution in [0.15, 0.2) is 10.4 Å². The van der Waals surface area contributed by atoms with Gasteiger partial charge in [-0.2, -0.15) is 0 Å². The molecule has 0 amide bonds. The number of hydrogen-bond donors (Lipinski definition) is 0. The molecule has 0 radical (unpaired) electrons. The first kappa shape index (κ1) is 18.0. The highest BCUT2D eigenvalue weighted by Gasteiger charge is 2.59.